The number of alkyl halides is 3. The van der Waals surface area contributed by atoms with Gasteiger partial charge in [0.25, 0.3) is 0 Å². The maximum atomic E-state index is 12.7. The normalized spacial score (nSPS) is 11.0. The Balaban J connectivity index is 2.41. The summed E-state index contributed by atoms with van der Waals surface area (Å²) in [7, 11) is 0. The fraction of sp³-hybridized carbons (Fsp3) is 0.143. The van der Waals surface area contributed by atoms with Gasteiger partial charge in [-0.05, 0) is 30.7 Å². The largest absolute Gasteiger partial charge is 0.439 e. The monoisotopic (exact) mass is 293 g/mol. The molecule has 0 fully saturated rings. The van der Waals surface area contributed by atoms with Crippen LogP contribution in [0.2, 0.25) is 0 Å². The molecule has 0 atom stereocenters. The van der Waals surface area contributed by atoms with Crippen molar-refractivity contribution in [2.75, 3.05) is 5.73 Å². The number of nitriles is 1. The van der Waals surface area contributed by atoms with Crippen molar-refractivity contribution in [1.82, 2.24) is 4.98 Å². The van der Waals surface area contributed by atoms with Crippen LogP contribution in [-0.4, -0.2) is 4.98 Å². The first kappa shape index (κ1) is 14.7. The van der Waals surface area contributed by atoms with E-state index in [1.54, 1.807) is 19.1 Å². The molecule has 2 aromatic rings. The Labute approximate surface area is 118 Å². The van der Waals surface area contributed by atoms with Crippen LogP contribution < -0.4 is 10.5 Å². The molecular weight excluding hydrogens is 283 g/mol. The van der Waals surface area contributed by atoms with Crippen molar-refractivity contribution in [2.45, 2.75) is 13.1 Å². The lowest BCUT2D eigenvalue weighted by Gasteiger charge is -2.12. The highest BCUT2D eigenvalue weighted by Crippen LogP contribution is 2.33. The third-order valence-electron chi connectivity index (χ3n) is 2.68. The highest BCUT2D eigenvalue weighted by atomic mass is 19.4. The molecule has 21 heavy (non-hydrogen) atoms. The van der Waals surface area contributed by atoms with Gasteiger partial charge in [-0.1, -0.05) is 6.07 Å². The number of pyridine rings is 1. The number of aromatic nitrogens is 1. The van der Waals surface area contributed by atoms with Gasteiger partial charge < -0.3 is 10.5 Å². The van der Waals surface area contributed by atoms with Crippen molar-refractivity contribution in [1.29, 1.82) is 5.26 Å². The van der Waals surface area contributed by atoms with E-state index in [0.717, 1.165) is 12.1 Å². The zero-order chi connectivity index (χ0) is 15.6. The summed E-state index contributed by atoms with van der Waals surface area (Å²) >= 11 is 0. The number of nitrogen functional groups attached to an aromatic ring is 1. The van der Waals surface area contributed by atoms with Crippen molar-refractivity contribution >= 4 is 5.82 Å². The van der Waals surface area contributed by atoms with Gasteiger partial charge in [0.05, 0.1) is 17.2 Å². The maximum Gasteiger partial charge on any atom is 0.416 e. The van der Waals surface area contributed by atoms with Crippen LogP contribution in [0, 0.1) is 18.3 Å². The predicted octanol–water partition coefficient (Wildman–Crippen LogP) is 3.66. The van der Waals surface area contributed by atoms with Crippen LogP contribution in [0.1, 0.15) is 16.7 Å². The van der Waals surface area contributed by atoms with Gasteiger partial charge in [0.1, 0.15) is 11.6 Å². The van der Waals surface area contributed by atoms with Gasteiger partial charge in [-0.2, -0.15) is 23.4 Å². The van der Waals surface area contributed by atoms with Gasteiger partial charge in [-0.25, -0.2) is 0 Å². The number of ether oxygens (including phenoxy) is 1. The van der Waals surface area contributed by atoms with Gasteiger partial charge in [-0.15, -0.1) is 0 Å². The quantitative estimate of drug-likeness (QED) is 0.917. The standard InChI is InChI=1S/C14H10F3N3O/c1-8-2-3-9(7-18)4-11(8)21-13-6-10(14(15,16)17)5-12(19)20-13/h2-6H,1H3,(H2,19,20). The minimum Gasteiger partial charge on any atom is -0.439 e. The van der Waals surface area contributed by atoms with Crippen LogP contribution in [0.3, 0.4) is 0 Å². The molecule has 108 valence electrons. The molecule has 2 rings (SSSR count). The van der Waals surface area contributed by atoms with E-state index in [-0.39, 0.29) is 17.4 Å². The number of hydrogen-bond donors (Lipinski definition) is 1. The zero-order valence-corrected chi connectivity index (χ0v) is 10.9. The second-order valence-corrected chi connectivity index (χ2v) is 4.31. The fourth-order valence-electron chi connectivity index (χ4n) is 1.63. The Morgan fingerprint density at radius 3 is 2.57 bits per heavy atom. The van der Waals surface area contributed by atoms with E-state index in [4.69, 9.17) is 15.7 Å². The lowest BCUT2D eigenvalue weighted by Crippen LogP contribution is -2.07. The number of halogens is 3. The topological polar surface area (TPSA) is 71.9 Å². The Hall–Kier alpha value is -2.75. The van der Waals surface area contributed by atoms with Gasteiger partial charge in [0, 0.05) is 6.07 Å². The second-order valence-electron chi connectivity index (χ2n) is 4.31. The smallest absolute Gasteiger partial charge is 0.416 e. The molecule has 0 saturated carbocycles. The Morgan fingerprint density at radius 2 is 1.95 bits per heavy atom. The first-order valence-electron chi connectivity index (χ1n) is 5.83. The van der Waals surface area contributed by atoms with Crippen LogP contribution in [-0.2, 0) is 6.18 Å². The van der Waals surface area contributed by atoms with Crippen molar-refractivity contribution < 1.29 is 17.9 Å². The molecule has 1 aromatic carbocycles. The van der Waals surface area contributed by atoms with E-state index >= 15 is 0 Å². The SMILES string of the molecule is Cc1ccc(C#N)cc1Oc1cc(C(F)(F)F)cc(N)n1. The second kappa shape index (κ2) is 5.32. The summed E-state index contributed by atoms with van der Waals surface area (Å²) in [5.74, 6) is -0.324. The third-order valence-corrected chi connectivity index (χ3v) is 2.68. The summed E-state index contributed by atoms with van der Waals surface area (Å²) in [6, 6.07) is 8.04. The van der Waals surface area contributed by atoms with Crippen molar-refractivity contribution in [3.63, 3.8) is 0 Å². The summed E-state index contributed by atoms with van der Waals surface area (Å²) in [5, 5.41) is 8.82. The molecule has 0 bridgehead atoms. The number of hydrogen-bond acceptors (Lipinski definition) is 4. The lowest BCUT2D eigenvalue weighted by atomic mass is 10.1. The molecule has 0 aliphatic heterocycles. The average Bonchev–Trinajstić information content (AvgIpc) is 2.39. The van der Waals surface area contributed by atoms with Gasteiger partial charge >= 0.3 is 6.18 Å². The molecule has 0 aliphatic rings. The third kappa shape index (κ3) is 3.42. The van der Waals surface area contributed by atoms with Crippen molar-refractivity contribution in [3.8, 4) is 17.7 Å². The van der Waals surface area contributed by atoms with Crippen LogP contribution in [0.5, 0.6) is 11.6 Å². The number of nitrogens with two attached hydrogens (primary N) is 1. The fourth-order valence-corrected chi connectivity index (χ4v) is 1.63. The molecule has 0 saturated heterocycles. The zero-order valence-electron chi connectivity index (χ0n) is 10.9. The van der Waals surface area contributed by atoms with E-state index in [0.29, 0.717) is 11.1 Å². The van der Waals surface area contributed by atoms with Crippen LogP contribution in [0.25, 0.3) is 0 Å². The maximum absolute atomic E-state index is 12.7. The van der Waals surface area contributed by atoms with Crippen LogP contribution in [0.15, 0.2) is 30.3 Å². The Morgan fingerprint density at radius 1 is 1.24 bits per heavy atom. The lowest BCUT2D eigenvalue weighted by molar-refractivity contribution is -0.137. The molecule has 0 amide bonds. The van der Waals surface area contributed by atoms with E-state index in [2.05, 4.69) is 4.98 Å². The number of rotatable bonds is 2. The predicted molar refractivity (Wildman–Crippen MR) is 69.6 cm³/mol. The van der Waals surface area contributed by atoms with E-state index < -0.39 is 11.7 Å². The first-order valence-corrected chi connectivity index (χ1v) is 5.83. The van der Waals surface area contributed by atoms with Crippen molar-refractivity contribution in [3.05, 3.63) is 47.0 Å². The van der Waals surface area contributed by atoms with E-state index in [1.807, 2.05) is 6.07 Å². The number of aryl methyl sites for hydroxylation is 1. The molecule has 0 spiro atoms. The summed E-state index contributed by atoms with van der Waals surface area (Å²) in [5.41, 5.74) is 5.40. The highest BCUT2D eigenvalue weighted by molar-refractivity contribution is 5.45. The molecule has 4 nitrogen and oxygen atoms in total. The molecule has 7 heteroatoms. The minimum absolute atomic E-state index is 0.250. The average molecular weight is 293 g/mol. The van der Waals surface area contributed by atoms with Crippen LogP contribution >= 0.6 is 0 Å². The number of nitrogens with zero attached hydrogens (tertiary/aromatic N) is 2. The Bertz CT molecular complexity index is 720. The Kier molecular flexibility index (Phi) is 3.72. The molecular formula is C14H10F3N3O. The van der Waals surface area contributed by atoms with E-state index in [1.165, 1.54) is 6.07 Å². The molecule has 0 unspecified atom stereocenters. The van der Waals surface area contributed by atoms with Crippen molar-refractivity contribution in [2.24, 2.45) is 0 Å². The number of benzene rings is 1. The molecule has 1 aromatic heterocycles. The van der Waals surface area contributed by atoms with E-state index in [9.17, 15) is 13.2 Å². The summed E-state index contributed by atoms with van der Waals surface area (Å²) < 4.78 is 43.4. The summed E-state index contributed by atoms with van der Waals surface area (Å²) in [4.78, 5) is 3.71. The molecule has 1 heterocycles. The summed E-state index contributed by atoms with van der Waals surface area (Å²) in [6.07, 6.45) is -4.54. The molecule has 0 radical (unpaired) electrons. The van der Waals surface area contributed by atoms with Gasteiger partial charge in [0.15, 0.2) is 0 Å². The molecule has 0 aliphatic carbocycles. The molecule has 2 N–H and O–H groups in total. The minimum atomic E-state index is -4.54. The van der Waals surface area contributed by atoms with Gasteiger partial charge in [0.2, 0.25) is 5.88 Å². The number of anilines is 1. The highest BCUT2D eigenvalue weighted by Gasteiger charge is 2.31. The van der Waals surface area contributed by atoms with Crippen LogP contribution in [0.4, 0.5) is 19.0 Å². The van der Waals surface area contributed by atoms with Gasteiger partial charge in [-0.3, -0.25) is 0 Å². The summed E-state index contributed by atoms with van der Waals surface area (Å²) in [6.45, 7) is 1.70. The first-order chi connectivity index (χ1) is 9.79.